The van der Waals surface area contributed by atoms with Crippen LogP contribution in [0.2, 0.25) is 0 Å². The molecule has 2 heterocycles. The van der Waals surface area contributed by atoms with E-state index in [4.69, 9.17) is 5.73 Å². The van der Waals surface area contributed by atoms with Crippen LogP contribution in [0.1, 0.15) is 30.6 Å². The number of carbonyl (C=O) groups is 1. The third kappa shape index (κ3) is 2.29. The third-order valence-electron chi connectivity index (χ3n) is 3.61. The van der Waals surface area contributed by atoms with Crippen LogP contribution in [0, 0.1) is 11.8 Å². The minimum absolute atomic E-state index is 0.149. The van der Waals surface area contributed by atoms with Gasteiger partial charge in [-0.25, -0.2) is 0 Å². The number of anilines is 2. The Morgan fingerprint density at radius 2 is 2.33 bits per heavy atom. The predicted molar refractivity (Wildman–Crippen MR) is 75.1 cm³/mol. The van der Waals surface area contributed by atoms with E-state index in [1.165, 1.54) is 18.0 Å². The van der Waals surface area contributed by atoms with E-state index < -0.39 is 0 Å². The molecule has 0 bridgehead atoms. The van der Waals surface area contributed by atoms with Gasteiger partial charge in [0.1, 0.15) is 10.6 Å². The quantitative estimate of drug-likeness (QED) is 0.873. The van der Waals surface area contributed by atoms with Gasteiger partial charge in [0, 0.05) is 20.1 Å². The smallest absolute Gasteiger partial charge is 0.257 e. The van der Waals surface area contributed by atoms with E-state index in [2.05, 4.69) is 28.4 Å². The topological polar surface area (TPSA) is 71.2 Å². The first-order valence-corrected chi connectivity index (χ1v) is 7.04. The summed E-state index contributed by atoms with van der Waals surface area (Å²) in [5, 5.41) is 3.54. The number of nitrogens with one attached hydrogen (secondary N) is 1. The van der Waals surface area contributed by atoms with E-state index in [1.54, 1.807) is 7.05 Å². The van der Waals surface area contributed by atoms with E-state index in [0.29, 0.717) is 23.2 Å². The highest BCUT2D eigenvalue weighted by molar-refractivity contribution is 7.11. The standard InChI is InChI=1S/C12H20N4OS/c1-7(2)8-4-5-16(6-8)12-9(11(17)14-3)10(13)15-18-12/h7-8H,4-6H2,1-3H3,(H2,13,15)(H,14,17). The van der Waals surface area contributed by atoms with E-state index in [-0.39, 0.29) is 5.91 Å². The van der Waals surface area contributed by atoms with Crippen molar-refractivity contribution in [3.05, 3.63) is 5.56 Å². The van der Waals surface area contributed by atoms with Crippen molar-refractivity contribution in [2.75, 3.05) is 30.8 Å². The molecule has 6 heteroatoms. The maximum absolute atomic E-state index is 11.8. The SMILES string of the molecule is CNC(=O)c1c(N)nsc1N1CCC(C(C)C)C1. The molecule has 1 aliphatic heterocycles. The van der Waals surface area contributed by atoms with Crippen molar-refractivity contribution in [2.45, 2.75) is 20.3 Å². The van der Waals surface area contributed by atoms with E-state index in [1.807, 2.05) is 0 Å². The summed E-state index contributed by atoms with van der Waals surface area (Å²) in [4.78, 5) is 14.1. The summed E-state index contributed by atoms with van der Waals surface area (Å²) in [7, 11) is 1.62. The average molecular weight is 268 g/mol. The van der Waals surface area contributed by atoms with E-state index in [9.17, 15) is 4.79 Å². The van der Waals surface area contributed by atoms with Crippen LogP contribution in [0.4, 0.5) is 10.8 Å². The normalized spacial score (nSPS) is 19.6. The molecule has 2 rings (SSSR count). The van der Waals surface area contributed by atoms with Crippen LogP contribution in [-0.4, -0.2) is 30.4 Å². The number of nitrogen functional groups attached to an aromatic ring is 1. The first-order valence-electron chi connectivity index (χ1n) is 6.26. The first kappa shape index (κ1) is 13.1. The molecule has 5 nitrogen and oxygen atoms in total. The Kier molecular flexibility index (Phi) is 3.75. The molecule has 1 atom stereocenters. The van der Waals surface area contributed by atoms with Crippen molar-refractivity contribution in [1.29, 1.82) is 0 Å². The van der Waals surface area contributed by atoms with Gasteiger partial charge >= 0.3 is 0 Å². The van der Waals surface area contributed by atoms with Crippen LogP contribution in [0.15, 0.2) is 0 Å². The lowest BCUT2D eigenvalue weighted by atomic mass is 9.95. The molecule has 0 radical (unpaired) electrons. The Morgan fingerprint density at radius 3 is 2.89 bits per heavy atom. The molecular weight excluding hydrogens is 248 g/mol. The molecule has 1 fully saturated rings. The monoisotopic (exact) mass is 268 g/mol. The summed E-state index contributed by atoms with van der Waals surface area (Å²) >= 11 is 1.32. The number of nitrogens with zero attached hydrogens (tertiary/aromatic N) is 2. The number of rotatable bonds is 3. The fourth-order valence-corrected chi connectivity index (χ4v) is 3.21. The van der Waals surface area contributed by atoms with Gasteiger partial charge < -0.3 is 16.0 Å². The van der Waals surface area contributed by atoms with Crippen LogP contribution in [0.25, 0.3) is 0 Å². The number of aromatic nitrogens is 1. The number of carbonyl (C=O) groups excluding carboxylic acids is 1. The van der Waals surface area contributed by atoms with Gasteiger partial charge in [0.15, 0.2) is 5.82 Å². The Morgan fingerprint density at radius 1 is 1.61 bits per heavy atom. The van der Waals surface area contributed by atoms with Crippen molar-refractivity contribution in [3.63, 3.8) is 0 Å². The summed E-state index contributed by atoms with van der Waals surface area (Å²) in [6.07, 6.45) is 1.17. The molecule has 1 aromatic heterocycles. The first-order chi connectivity index (χ1) is 8.54. The average Bonchev–Trinajstić information content (AvgIpc) is 2.94. The molecule has 0 aliphatic carbocycles. The van der Waals surface area contributed by atoms with Crippen molar-refractivity contribution in [3.8, 4) is 0 Å². The van der Waals surface area contributed by atoms with Gasteiger partial charge in [-0.05, 0) is 29.8 Å². The molecule has 100 valence electrons. The number of amides is 1. The van der Waals surface area contributed by atoms with Gasteiger partial charge in [-0.3, -0.25) is 4.79 Å². The maximum atomic E-state index is 11.8. The van der Waals surface area contributed by atoms with Gasteiger partial charge in [0.2, 0.25) is 0 Å². The second kappa shape index (κ2) is 5.14. The fraction of sp³-hybridized carbons (Fsp3) is 0.667. The summed E-state index contributed by atoms with van der Waals surface area (Å²) in [6, 6.07) is 0. The molecule has 1 aromatic rings. The Balaban J connectivity index is 2.22. The predicted octanol–water partition coefficient (Wildman–Crippen LogP) is 1.57. The summed E-state index contributed by atoms with van der Waals surface area (Å²) in [5.74, 6) is 1.54. The zero-order valence-corrected chi connectivity index (χ0v) is 11.9. The molecule has 3 N–H and O–H groups in total. The lowest BCUT2D eigenvalue weighted by molar-refractivity contribution is 0.0964. The molecule has 18 heavy (non-hydrogen) atoms. The summed E-state index contributed by atoms with van der Waals surface area (Å²) in [6.45, 7) is 6.46. The highest BCUT2D eigenvalue weighted by Gasteiger charge is 2.30. The van der Waals surface area contributed by atoms with Crippen LogP contribution in [-0.2, 0) is 0 Å². The fourth-order valence-electron chi connectivity index (χ4n) is 2.36. The zero-order chi connectivity index (χ0) is 13.3. The van der Waals surface area contributed by atoms with E-state index >= 15 is 0 Å². The van der Waals surface area contributed by atoms with Gasteiger partial charge in [0.25, 0.3) is 5.91 Å². The molecule has 1 aliphatic rings. The molecule has 1 saturated heterocycles. The molecule has 0 saturated carbocycles. The Hall–Kier alpha value is -1.30. The lowest BCUT2D eigenvalue weighted by Gasteiger charge is -2.19. The van der Waals surface area contributed by atoms with Crippen LogP contribution >= 0.6 is 11.5 Å². The highest BCUT2D eigenvalue weighted by atomic mass is 32.1. The van der Waals surface area contributed by atoms with Crippen LogP contribution in [0.5, 0.6) is 0 Å². The minimum atomic E-state index is -0.149. The van der Waals surface area contributed by atoms with Crippen molar-refractivity contribution < 1.29 is 4.79 Å². The summed E-state index contributed by atoms with van der Waals surface area (Å²) in [5.41, 5.74) is 6.33. The molecular formula is C12H20N4OS. The molecule has 1 amide bonds. The van der Waals surface area contributed by atoms with Crippen molar-refractivity contribution in [2.24, 2.45) is 11.8 Å². The van der Waals surface area contributed by atoms with E-state index in [0.717, 1.165) is 18.1 Å². The van der Waals surface area contributed by atoms with Crippen molar-refractivity contribution in [1.82, 2.24) is 9.69 Å². The third-order valence-corrected chi connectivity index (χ3v) is 4.53. The van der Waals surface area contributed by atoms with Crippen LogP contribution < -0.4 is 16.0 Å². The van der Waals surface area contributed by atoms with Gasteiger partial charge in [0.05, 0.1) is 0 Å². The zero-order valence-electron chi connectivity index (χ0n) is 11.1. The molecule has 0 spiro atoms. The molecule has 1 unspecified atom stereocenters. The van der Waals surface area contributed by atoms with Crippen molar-refractivity contribution >= 4 is 28.3 Å². The Labute approximate surface area is 112 Å². The highest BCUT2D eigenvalue weighted by Crippen LogP contribution is 2.35. The Bertz CT molecular complexity index is 443. The number of hydrogen-bond acceptors (Lipinski definition) is 5. The maximum Gasteiger partial charge on any atom is 0.257 e. The number of nitrogens with two attached hydrogens (primary N) is 1. The van der Waals surface area contributed by atoms with Gasteiger partial charge in [-0.2, -0.15) is 4.37 Å². The second-order valence-electron chi connectivity index (χ2n) is 5.07. The van der Waals surface area contributed by atoms with Crippen LogP contribution in [0.3, 0.4) is 0 Å². The summed E-state index contributed by atoms with van der Waals surface area (Å²) < 4.78 is 4.12. The second-order valence-corrected chi connectivity index (χ2v) is 5.82. The largest absolute Gasteiger partial charge is 0.382 e. The number of hydrogen-bond donors (Lipinski definition) is 2. The lowest BCUT2D eigenvalue weighted by Crippen LogP contribution is -2.25. The molecule has 0 aromatic carbocycles. The minimum Gasteiger partial charge on any atom is -0.382 e. The van der Waals surface area contributed by atoms with Gasteiger partial charge in [-0.1, -0.05) is 13.8 Å². The van der Waals surface area contributed by atoms with Gasteiger partial charge in [-0.15, -0.1) is 0 Å².